The van der Waals surface area contributed by atoms with Crippen molar-refractivity contribution in [2.45, 2.75) is 105 Å². The summed E-state index contributed by atoms with van der Waals surface area (Å²) in [5.41, 5.74) is 2.80. The van der Waals surface area contributed by atoms with Gasteiger partial charge in [-0.05, 0) is 93.0 Å². The van der Waals surface area contributed by atoms with Crippen molar-refractivity contribution in [1.82, 2.24) is 5.32 Å². The average molecular weight is 456 g/mol. The van der Waals surface area contributed by atoms with E-state index in [4.69, 9.17) is 0 Å². The highest BCUT2D eigenvalue weighted by molar-refractivity contribution is 6.08. The normalized spacial score (nSPS) is 40.2. The monoisotopic (exact) mass is 455 g/mol. The van der Waals surface area contributed by atoms with Crippen LogP contribution < -0.4 is 5.32 Å². The second-order valence-corrected chi connectivity index (χ2v) is 11.8. The molecule has 0 aliphatic heterocycles. The molecule has 4 rings (SSSR count). The first-order valence-corrected chi connectivity index (χ1v) is 12.9. The highest BCUT2D eigenvalue weighted by atomic mass is 16.3. The summed E-state index contributed by atoms with van der Waals surface area (Å²) < 4.78 is 0. The molecule has 0 bridgehead atoms. The first-order chi connectivity index (χ1) is 15.5. The predicted octanol–water partition coefficient (Wildman–Crippen LogP) is 4.68. The Kier molecular flexibility index (Phi) is 6.50. The van der Waals surface area contributed by atoms with Gasteiger partial charge in [-0.3, -0.25) is 14.4 Å². The number of carbonyl (C=O) groups excluding carboxylic acids is 3. The largest absolute Gasteiger partial charge is 0.393 e. The molecule has 2 N–H and O–H groups in total. The molecule has 0 aromatic heterocycles. The van der Waals surface area contributed by atoms with Gasteiger partial charge in [-0.1, -0.05) is 25.5 Å². The average Bonchev–Trinajstić information content (AvgIpc) is 3.01. The Hall–Kier alpha value is -1.75. The van der Waals surface area contributed by atoms with E-state index in [2.05, 4.69) is 25.2 Å². The summed E-state index contributed by atoms with van der Waals surface area (Å²) in [5, 5.41) is 13.0. The Morgan fingerprint density at radius 1 is 1.12 bits per heavy atom. The van der Waals surface area contributed by atoms with Crippen LogP contribution >= 0.6 is 0 Å². The van der Waals surface area contributed by atoms with Crippen molar-refractivity contribution >= 4 is 17.5 Å². The number of Topliss-reactive ketones (excluding diaryl/α,β-unsaturated/α-hetero) is 2. The fourth-order valence-corrected chi connectivity index (χ4v) is 8.00. The molecule has 5 nitrogen and oxygen atoms in total. The second kappa shape index (κ2) is 8.79. The minimum Gasteiger partial charge on any atom is -0.393 e. The highest BCUT2D eigenvalue weighted by Gasteiger charge is 2.59. The van der Waals surface area contributed by atoms with E-state index in [9.17, 15) is 19.5 Å². The van der Waals surface area contributed by atoms with Crippen molar-refractivity contribution in [3.8, 4) is 0 Å². The van der Waals surface area contributed by atoms with Gasteiger partial charge in [0.2, 0.25) is 5.91 Å². The number of fused-ring (bicyclic) bond motifs is 5. The molecule has 33 heavy (non-hydrogen) atoms. The number of nitrogens with one attached hydrogen (secondary N) is 1. The van der Waals surface area contributed by atoms with Crippen LogP contribution in [0, 0.1) is 28.6 Å². The van der Waals surface area contributed by atoms with Crippen molar-refractivity contribution in [3.63, 3.8) is 0 Å². The second-order valence-electron chi connectivity index (χ2n) is 11.8. The molecule has 0 heterocycles. The molecule has 3 fully saturated rings. The number of carbonyl (C=O) groups is 3. The number of rotatable bonds is 5. The predicted molar refractivity (Wildman–Crippen MR) is 128 cm³/mol. The van der Waals surface area contributed by atoms with Crippen molar-refractivity contribution in [1.29, 1.82) is 0 Å². The molecular weight excluding hydrogens is 414 g/mol. The van der Waals surface area contributed by atoms with Crippen molar-refractivity contribution < 1.29 is 19.5 Å². The summed E-state index contributed by atoms with van der Waals surface area (Å²) >= 11 is 0. The fraction of sp³-hybridized carbons (Fsp3) is 0.750. The Morgan fingerprint density at radius 2 is 1.82 bits per heavy atom. The van der Waals surface area contributed by atoms with E-state index in [-0.39, 0.29) is 40.4 Å². The van der Waals surface area contributed by atoms with Crippen LogP contribution in [0.25, 0.3) is 0 Å². The lowest BCUT2D eigenvalue weighted by molar-refractivity contribution is -0.120. The Labute approximate surface area is 198 Å². The lowest BCUT2D eigenvalue weighted by atomic mass is 9.47. The van der Waals surface area contributed by atoms with Gasteiger partial charge in [0.1, 0.15) is 0 Å². The van der Waals surface area contributed by atoms with Crippen LogP contribution in [0.15, 0.2) is 22.8 Å². The smallest absolute Gasteiger partial charge is 0.217 e. The van der Waals surface area contributed by atoms with Crippen LogP contribution in [0.2, 0.25) is 0 Å². The fourth-order valence-electron chi connectivity index (χ4n) is 8.00. The van der Waals surface area contributed by atoms with Gasteiger partial charge in [-0.2, -0.15) is 0 Å². The third-order valence-corrected chi connectivity index (χ3v) is 9.77. The Balaban J connectivity index is 1.56. The van der Waals surface area contributed by atoms with Gasteiger partial charge >= 0.3 is 0 Å². The molecule has 0 radical (unpaired) electrons. The maximum absolute atomic E-state index is 13.3. The van der Waals surface area contributed by atoms with E-state index >= 15 is 0 Å². The summed E-state index contributed by atoms with van der Waals surface area (Å²) in [5.74, 6) is 1.44. The number of hydrogen-bond donors (Lipinski definition) is 2. The van der Waals surface area contributed by atoms with Crippen molar-refractivity contribution in [2.75, 3.05) is 0 Å². The summed E-state index contributed by atoms with van der Waals surface area (Å²) in [6.07, 6.45) is 9.39. The molecule has 4 aliphatic carbocycles. The zero-order valence-corrected chi connectivity index (χ0v) is 21.0. The van der Waals surface area contributed by atoms with E-state index in [0.29, 0.717) is 42.6 Å². The molecule has 0 aromatic carbocycles. The first kappa shape index (κ1) is 24.4. The van der Waals surface area contributed by atoms with Crippen LogP contribution in [-0.4, -0.2) is 34.7 Å². The van der Waals surface area contributed by atoms with Gasteiger partial charge in [0, 0.05) is 31.4 Å². The van der Waals surface area contributed by atoms with Gasteiger partial charge in [0.15, 0.2) is 11.6 Å². The van der Waals surface area contributed by atoms with Crippen LogP contribution in [0.4, 0.5) is 0 Å². The number of allylic oxidation sites excluding steroid dienone is 3. The highest BCUT2D eigenvalue weighted by Crippen LogP contribution is 2.65. The van der Waals surface area contributed by atoms with Crippen LogP contribution in [0.5, 0.6) is 0 Å². The molecule has 4 aliphatic rings. The molecular formula is C28H41NO4. The topological polar surface area (TPSA) is 83.5 Å². The van der Waals surface area contributed by atoms with E-state index in [0.717, 1.165) is 44.1 Å². The van der Waals surface area contributed by atoms with E-state index in [1.54, 1.807) is 0 Å². The maximum atomic E-state index is 13.3. The number of amides is 1. The zero-order chi connectivity index (χ0) is 24.1. The van der Waals surface area contributed by atoms with Crippen molar-refractivity contribution in [3.05, 3.63) is 22.8 Å². The van der Waals surface area contributed by atoms with Gasteiger partial charge < -0.3 is 10.4 Å². The minimum absolute atomic E-state index is 0.0404. The summed E-state index contributed by atoms with van der Waals surface area (Å²) in [7, 11) is 0. The number of ketones is 2. The van der Waals surface area contributed by atoms with Crippen LogP contribution in [0.1, 0.15) is 92.4 Å². The molecule has 7 atom stereocenters. The summed E-state index contributed by atoms with van der Waals surface area (Å²) in [6, 6.07) is -0.0553. The quantitative estimate of drug-likeness (QED) is 0.466. The maximum Gasteiger partial charge on any atom is 0.217 e. The van der Waals surface area contributed by atoms with Crippen LogP contribution in [0.3, 0.4) is 0 Å². The van der Waals surface area contributed by atoms with Crippen LogP contribution in [-0.2, 0) is 14.4 Å². The molecule has 5 heteroatoms. The van der Waals surface area contributed by atoms with Gasteiger partial charge in [0.05, 0.1) is 6.10 Å². The van der Waals surface area contributed by atoms with E-state index in [1.165, 1.54) is 12.5 Å². The SMILES string of the molecule is CC(=O)N[C@H](C)CCC(=O)/C(C)=C1\C(=O)C[C@H]2[C@H]3CC=C4C[C@@H](O)CC[C@]4(C)[C@@H]3CC[C@]12C. The molecule has 0 aromatic rings. The van der Waals surface area contributed by atoms with E-state index < -0.39 is 0 Å². The minimum atomic E-state index is -0.225. The number of aliphatic hydroxyl groups is 1. The van der Waals surface area contributed by atoms with Gasteiger partial charge in [0.25, 0.3) is 0 Å². The molecule has 0 spiro atoms. The Bertz CT molecular complexity index is 917. The lowest BCUT2D eigenvalue weighted by Gasteiger charge is -2.57. The standard InChI is InChI=1S/C28H41NO4/c1-16(29-18(3)30)6-9-24(32)17(2)26-25(33)15-23-21-8-7-19-14-20(31)10-12-27(19,4)22(21)11-13-28(23,26)5/h7,16,20-23,31H,6,8-15H2,1-5H3,(H,29,30)/b26-17+/t16-,20+,21+,22-,23+,27+,28+/m1/s1. The first-order valence-electron chi connectivity index (χ1n) is 12.9. The third kappa shape index (κ3) is 4.15. The zero-order valence-electron chi connectivity index (χ0n) is 21.0. The Morgan fingerprint density at radius 3 is 2.52 bits per heavy atom. The molecule has 1 amide bonds. The lowest BCUT2D eigenvalue weighted by Crippen LogP contribution is -2.49. The van der Waals surface area contributed by atoms with Crippen molar-refractivity contribution in [2.24, 2.45) is 28.6 Å². The number of hydrogen-bond acceptors (Lipinski definition) is 4. The molecule has 0 saturated heterocycles. The van der Waals surface area contributed by atoms with Gasteiger partial charge in [-0.15, -0.1) is 0 Å². The van der Waals surface area contributed by atoms with E-state index in [1.807, 2.05) is 13.8 Å². The molecule has 182 valence electrons. The summed E-state index contributed by atoms with van der Waals surface area (Å²) in [4.78, 5) is 37.7. The summed E-state index contributed by atoms with van der Waals surface area (Å²) in [6.45, 7) is 9.87. The van der Waals surface area contributed by atoms with Gasteiger partial charge in [-0.25, -0.2) is 0 Å². The molecule has 0 unspecified atom stereocenters. The molecule has 3 saturated carbocycles. The third-order valence-electron chi connectivity index (χ3n) is 9.77. The number of aliphatic hydroxyl groups excluding tert-OH is 1.